The molecule has 0 atom stereocenters. The molecule has 5 nitrogen and oxygen atoms in total. The largest absolute Gasteiger partial charge is 0.455 e. The Morgan fingerprint density at radius 3 is 2.85 bits per heavy atom. The summed E-state index contributed by atoms with van der Waals surface area (Å²) in [4.78, 5) is 16.6. The van der Waals surface area contributed by atoms with Crippen molar-refractivity contribution in [1.29, 1.82) is 0 Å². The maximum absolute atomic E-state index is 13.6. The van der Waals surface area contributed by atoms with Gasteiger partial charge in [0.2, 0.25) is 0 Å². The van der Waals surface area contributed by atoms with E-state index in [1.807, 2.05) is 25.1 Å². The molecule has 0 spiro atoms. The van der Waals surface area contributed by atoms with Crippen LogP contribution in [0.25, 0.3) is 11.1 Å². The van der Waals surface area contributed by atoms with Crippen LogP contribution in [0.3, 0.4) is 0 Å². The average molecular weight is 382 g/mol. The van der Waals surface area contributed by atoms with Crippen molar-refractivity contribution in [3.8, 4) is 0 Å². The first-order valence-electron chi connectivity index (χ1n) is 8.23. The van der Waals surface area contributed by atoms with Gasteiger partial charge in [-0.15, -0.1) is 0 Å². The second kappa shape index (κ2) is 7.28. The van der Waals surface area contributed by atoms with E-state index < -0.39 is 11.7 Å². The molecule has 136 valence electrons. The van der Waals surface area contributed by atoms with Gasteiger partial charge in [-0.3, -0.25) is 4.79 Å². The highest BCUT2D eigenvalue weighted by molar-refractivity contribution is 7.98. The standard InChI is InChI=1S/C20H15FN2O3S/c1-12-6-8-16-18(10-12)26-20(23-16)27-11-13-7-9-17(25-13)19(24)22-15-5-3-2-4-14(15)21/h2-10H,11H2,1H3,(H,22,24). The fraction of sp³-hybridized carbons (Fsp3) is 0.100. The van der Waals surface area contributed by atoms with Crippen LogP contribution in [0.1, 0.15) is 21.9 Å². The zero-order valence-corrected chi connectivity index (χ0v) is 15.2. The zero-order valence-electron chi connectivity index (χ0n) is 14.4. The number of nitrogens with zero attached hydrogens (tertiary/aromatic N) is 1. The molecule has 4 rings (SSSR count). The van der Waals surface area contributed by atoms with Crippen molar-refractivity contribution in [3.63, 3.8) is 0 Å². The Morgan fingerprint density at radius 2 is 2.00 bits per heavy atom. The number of thioether (sulfide) groups is 1. The topological polar surface area (TPSA) is 68.3 Å². The molecule has 0 fully saturated rings. The smallest absolute Gasteiger partial charge is 0.291 e. The molecule has 1 amide bonds. The summed E-state index contributed by atoms with van der Waals surface area (Å²) in [5.41, 5.74) is 2.75. The quantitative estimate of drug-likeness (QED) is 0.467. The summed E-state index contributed by atoms with van der Waals surface area (Å²) in [6.07, 6.45) is 0. The third-order valence-electron chi connectivity index (χ3n) is 3.87. The Balaban J connectivity index is 1.41. The monoisotopic (exact) mass is 382 g/mol. The summed E-state index contributed by atoms with van der Waals surface area (Å²) in [7, 11) is 0. The summed E-state index contributed by atoms with van der Waals surface area (Å²) in [6, 6.07) is 15.1. The van der Waals surface area contributed by atoms with Crippen molar-refractivity contribution in [3.05, 3.63) is 77.5 Å². The minimum Gasteiger partial charge on any atom is -0.455 e. The number of hydrogen-bond acceptors (Lipinski definition) is 5. The normalized spacial score (nSPS) is 11.0. The van der Waals surface area contributed by atoms with Crippen LogP contribution in [0.4, 0.5) is 10.1 Å². The van der Waals surface area contributed by atoms with Crippen LogP contribution in [0.5, 0.6) is 0 Å². The molecule has 27 heavy (non-hydrogen) atoms. The molecular formula is C20H15FN2O3S. The van der Waals surface area contributed by atoms with E-state index in [9.17, 15) is 9.18 Å². The second-order valence-corrected chi connectivity index (χ2v) is 6.87. The fourth-order valence-corrected chi connectivity index (χ4v) is 3.26. The number of benzene rings is 2. The molecule has 1 N–H and O–H groups in total. The van der Waals surface area contributed by atoms with Crippen LogP contribution in [0, 0.1) is 12.7 Å². The van der Waals surface area contributed by atoms with Gasteiger partial charge in [-0.1, -0.05) is 30.0 Å². The number of halogens is 1. The molecular weight excluding hydrogens is 367 g/mol. The van der Waals surface area contributed by atoms with E-state index in [0.717, 1.165) is 16.7 Å². The number of amides is 1. The number of carbonyl (C=O) groups excluding carboxylic acids is 1. The predicted octanol–water partition coefficient (Wildman–Crippen LogP) is 5.41. The van der Waals surface area contributed by atoms with Gasteiger partial charge in [0.15, 0.2) is 11.3 Å². The first-order chi connectivity index (χ1) is 13.1. The highest BCUT2D eigenvalue weighted by atomic mass is 32.2. The van der Waals surface area contributed by atoms with Crippen molar-refractivity contribution in [2.45, 2.75) is 17.9 Å². The van der Waals surface area contributed by atoms with Gasteiger partial charge < -0.3 is 14.2 Å². The van der Waals surface area contributed by atoms with E-state index in [1.54, 1.807) is 24.3 Å². The van der Waals surface area contributed by atoms with Crippen LogP contribution >= 0.6 is 11.8 Å². The number of carbonyl (C=O) groups is 1. The Kier molecular flexibility index (Phi) is 4.68. The predicted molar refractivity (Wildman–Crippen MR) is 101 cm³/mol. The lowest BCUT2D eigenvalue weighted by atomic mass is 10.2. The molecule has 0 unspecified atom stereocenters. The molecule has 0 aliphatic heterocycles. The van der Waals surface area contributed by atoms with Crippen LogP contribution in [-0.2, 0) is 5.75 Å². The van der Waals surface area contributed by atoms with Crippen LogP contribution in [0.15, 0.2) is 68.7 Å². The third kappa shape index (κ3) is 3.88. The van der Waals surface area contributed by atoms with Crippen molar-refractivity contribution in [2.24, 2.45) is 0 Å². The fourth-order valence-electron chi connectivity index (χ4n) is 2.53. The minimum absolute atomic E-state index is 0.108. The van der Waals surface area contributed by atoms with Gasteiger partial charge in [0.25, 0.3) is 11.1 Å². The number of nitrogens with one attached hydrogen (secondary N) is 1. The number of anilines is 1. The van der Waals surface area contributed by atoms with Gasteiger partial charge in [-0.2, -0.15) is 0 Å². The van der Waals surface area contributed by atoms with Crippen molar-refractivity contribution < 1.29 is 18.0 Å². The first-order valence-corrected chi connectivity index (χ1v) is 9.21. The van der Waals surface area contributed by atoms with E-state index in [-0.39, 0.29) is 11.4 Å². The average Bonchev–Trinajstić information content (AvgIpc) is 3.28. The van der Waals surface area contributed by atoms with E-state index in [4.69, 9.17) is 8.83 Å². The number of oxazole rings is 1. The molecule has 4 aromatic rings. The molecule has 2 heterocycles. The Bertz CT molecular complexity index is 1120. The molecule has 0 aliphatic rings. The molecule has 2 aromatic carbocycles. The highest BCUT2D eigenvalue weighted by Gasteiger charge is 2.14. The summed E-state index contributed by atoms with van der Waals surface area (Å²) in [5, 5.41) is 3.02. The van der Waals surface area contributed by atoms with Gasteiger partial charge in [0, 0.05) is 0 Å². The Morgan fingerprint density at radius 1 is 1.15 bits per heavy atom. The lowest BCUT2D eigenvalue weighted by molar-refractivity contribution is 0.0995. The number of para-hydroxylation sites is 1. The molecule has 2 aromatic heterocycles. The second-order valence-electron chi connectivity index (χ2n) is 5.94. The number of fused-ring (bicyclic) bond motifs is 1. The minimum atomic E-state index is -0.506. The molecule has 0 bridgehead atoms. The van der Waals surface area contributed by atoms with Gasteiger partial charge in [-0.05, 0) is 48.9 Å². The zero-order chi connectivity index (χ0) is 18.8. The van der Waals surface area contributed by atoms with Gasteiger partial charge in [-0.25, -0.2) is 9.37 Å². The van der Waals surface area contributed by atoms with Crippen molar-refractivity contribution >= 4 is 34.5 Å². The van der Waals surface area contributed by atoms with E-state index in [0.29, 0.717) is 16.7 Å². The van der Waals surface area contributed by atoms with E-state index >= 15 is 0 Å². The highest BCUT2D eigenvalue weighted by Crippen LogP contribution is 2.27. The summed E-state index contributed by atoms with van der Waals surface area (Å²) in [5.74, 6) is 0.158. The Labute approximate surface area is 158 Å². The third-order valence-corrected chi connectivity index (χ3v) is 4.72. The summed E-state index contributed by atoms with van der Waals surface area (Å²) >= 11 is 1.37. The van der Waals surface area contributed by atoms with E-state index in [1.165, 1.54) is 23.9 Å². The Hall–Kier alpha value is -3.06. The van der Waals surface area contributed by atoms with Crippen molar-refractivity contribution in [1.82, 2.24) is 4.98 Å². The maximum atomic E-state index is 13.6. The van der Waals surface area contributed by atoms with Crippen molar-refractivity contribution in [2.75, 3.05) is 5.32 Å². The number of furan rings is 1. The number of rotatable bonds is 5. The van der Waals surface area contributed by atoms with Crippen LogP contribution < -0.4 is 5.32 Å². The first kappa shape index (κ1) is 17.4. The van der Waals surface area contributed by atoms with Gasteiger partial charge >= 0.3 is 0 Å². The van der Waals surface area contributed by atoms with Gasteiger partial charge in [0.1, 0.15) is 17.1 Å². The maximum Gasteiger partial charge on any atom is 0.291 e. The number of hydrogen-bond donors (Lipinski definition) is 1. The van der Waals surface area contributed by atoms with Crippen LogP contribution in [-0.4, -0.2) is 10.9 Å². The summed E-state index contributed by atoms with van der Waals surface area (Å²) < 4.78 is 24.9. The lowest BCUT2D eigenvalue weighted by Crippen LogP contribution is -2.11. The van der Waals surface area contributed by atoms with Crippen LogP contribution in [0.2, 0.25) is 0 Å². The summed E-state index contributed by atoms with van der Waals surface area (Å²) in [6.45, 7) is 1.99. The molecule has 0 saturated carbocycles. The van der Waals surface area contributed by atoms with Gasteiger partial charge in [0.05, 0.1) is 11.4 Å². The molecule has 0 aliphatic carbocycles. The van der Waals surface area contributed by atoms with E-state index in [2.05, 4.69) is 10.3 Å². The number of aromatic nitrogens is 1. The lowest BCUT2D eigenvalue weighted by Gasteiger charge is -2.03. The molecule has 0 radical (unpaired) electrons. The SMILES string of the molecule is Cc1ccc2nc(SCc3ccc(C(=O)Nc4ccccc4F)o3)oc2c1. The molecule has 7 heteroatoms. The number of aryl methyl sites for hydroxylation is 1. The molecule has 0 saturated heterocycles.